The molecule has 0 fully saturated rings. The van der Waals surface area contributed by atoms with Crippen LogP contribution in [0, 0.1) is 0 Å². The van der Waals surface area contributed by atoms with Crippen LogP contribution in [0.1, 0.15) is 20.7 Å². The van der Waals surface area contributed by atoms with Crippen LogP contribution in [0.4, 0.5) is 0 Å². The molecule has 4 heteroatoms. The Morgan fingerprint density at radius 1 is 1.00 bits per heavy atom. The molecule has 1 amide bonds. The van der Waals surface area contributed by atoms with E-state index in [4.69, 9.17) is 5.73 Å². The number of primary amides is 1. The van der Waals surface area contributed by atoms with Gasteiger partial charge in [-0.25, -0.2) is 4.79 Å². The van der Waals surface area contributed by atoms with Gasteiger partial charge in [0.1, 0.15) is 0 Å². The van der Waals surface area contributed by atoms with Crippen molar-refractivity contribution in [2.45, 2.75) is 0 Å². The van der Waals surface area contributed by atoms with Crippen LogP contribution in [0.25, 0.3) is 10.8 Å². The van der Waals surface area contributed by atoms with Crippen LogP contribution in [0.15, 0.2) is 36.4 Å². The summed E-state index contributed by atoms with van der Waals surface area (Å²) in [5.41, 5.74) is 6.12. The summed E-state index contributed by atoms with van der Waals surface area (Å²) in [4.78, 5) is 22.4. The van der Waals surface area contributed by atoms with E-state index >= 15 is 0 Å². The van der Waals surface area contributed by atoms with E-state index in [0.717, 1.165) is 10.8 Å². The number of fused-ring (bicyclic) bond motifs is 1. The molecule has 2 rings (SSSR count). The maximum atomic E-state index is 11.3. The van der Waals surface area contributed by atoms with Crippen LogP contribution in [-0.2, 0) is 4.74 Å². The van der Waals surface area contributed by atoms with Crippen LogP contribution in [-0.4, -0.2) is 19.0 Å². The van der Waals surface area contributed by atoms with Crippen molar-refractivity contribution in [2.24, 2.45) is 5.73 Å². The normalized spacial score (nSPS) is 10.2. The zero-order valence-electron chi connectivity index (χ0n) is 9.27. The molecular weight excluding hydrogens is 218 g/mol. The molecule has 2 N–H and O–H groups in total. The Bertz CT molecular complexity index is 605. The smallest absolute Gasteiger partial charge is 0.337 e. The molecule has 0 aromatic heterocycles. The minimum atomic E-state index is -0.469. The number of ether oxygens (including phenoxy) is 1. The highest BCUT2D eigenvalue weighted by Gasteiger charge is 2.07. The van der Waals surface area contributed by atoms with Gasteiger partial charge in [-0.2, -0.15) is 0 Å². The molecule has 0 atom stereocenters. The first-order valence-electron chi connectivity index (χ1n) is 5.04. The molecule has 0 saturated carbocycles. The average molecular weight is 229 g/mol. The van der Waals surface area contributed by atoms with E-state index < -0.39 is 5.91 Å². The summed E-state index contributed by atoms with van der Waals surface area (Å²) in [6.45, 7) is 0. The first-order chi connectivity index (χ1) is 8.11. The zero-order chi connectivity index (χ0) is 12.4. The molecule has 0 aliphatic rings. The minimum absolute atomic E-state index is 0.383. The number of hydrogen-bond donors (Lipinski definition) is 1. The molecule has 2 aromatic carbocycles. The molecule has 0 radical (unpaired) electrons. The number of rotatable bonds is 2. The van der Waals surface area contributed by atoms with Gasteiger partial charge in [-0.3, -0.25) is 4.79 Å². The van der Waals surface area contributed by atoms with Crippen molar-refractivity contribution < 1.29 is 14.3 Å². The lowest BCUT2D eigenvalue weighted by Crippen LogP contribution is -2.10. The van der Waals surface area contributed by atoms with Gasteiger partial charge in [0, 0.05) is 5.56 Å². The zero-order valence-corrected chi connectivity index (χ0v) is 9.27. The van der Waals surface area contributed by atoms with E-state index in [1.54, 1.807) is 36.4 Å². The van der Waals surface area contributed by atoms with E-state index in [9.17, 15) is 9.59 Å². The van der Waals surface area contributed by atoms with Gasteiger partial charge in [0.05, 0.1) is 12.7 Å². The summed E-state index contributed by atoms with van der Waals surface area (Å²) in [6, 6.07) is 10.2. The van der Waals surface area contributed by atoms with Crippen LogP contribution < -0.4 is 5.73 Å². The maximum Gasteiger partial charge on any atom is 0.337 e. The molecule has 0 unspecified atom stereocenters. The largest absolute Gasteiger partial charge is 0.465 e. The second-order valence-corrected chi connectivity index (χ2v) is 3.63. The average Bonchev–Trinajstić information content (AvgIpc) is 2.36. The van der Waals surface area contributed by atoms with Crippen molar-refractivity contribution >= 4 is 22.6 Å². The molecule has 0 heterocycles. The topological polar surface area (TPSA) is 69.4 Å². The van der Waals surface area contributed by atoms with E-state index in [-0.39, 0.29) is 5.97 Å². The first kappa shape index (κ1) is 11.1. The number of amides is 1. The lowest BCUT2D eigenvalue weighted by molar-refractivity contribution is 0.0600. The molecule has 17 heavy (non-hydrogen) atoms. The Morgan fingerprint density at radius 3 is 2.06 bits per heavy atom. The van der Waals surface area contributed by atoms with E-state index in [1.807, 2.05) is 0 Å². The fraction of sp³-hybridized carbons (Fsp3) is 0.0769. The molecule has 0 bridgehead atoms. The summed E-state index contributed by atoms with van der Waals surface area (Å²) in [6.07, 6.45) is 0. The second kappa shape index (κ2) is 4.25. The molecule has 86 valence electrons. The van der Waals surface area contributed by atoms with Crippen LogP contribution in [0.5, 0.6) is 0 Å². The van der Waals surface area contributed by atoms with Crippen molar-refractivity contribution in [2.75, 3.05) is 7.11 Å². The number of esters is 1. The number of carbonyl (C=O) groups is 2. The van der Waals surface area contributed by atoms with Crippen molar-refractivity contribution in [3.63, 3.8) is 0 Å². The highest BCUT2D eigenvalue weighted by molar-refractivity contribution is 6.00. The van der Waals surface area contributed by atoms with Gasteiger partial charge in [0.15, 0.2) is 0 Å². The summed E-state index contributed by atoms with van der Waals surface area (Å²) in [5, 5.41) is 1.71. The van der Waals surface area contributed by atoms with Gasteiger partial charge in [-0.1, -0.05) is 12.1 Å². The maximum absolute atomic E-state index is 11.3. The molecule has 2 aromatic rings. The predicted octanol–water partition coefficient (Wildman–Crippen LogP) is 1.73. The van der Waals surface area contributed by atoms with Crippen LogP contribution in [0.3, 0.4) is 0 Å². The van der Waals surface area contributed by atoms with Crippen molar-refractivity contribution in [3.05, 3.63) is 47.5 Å². The summed E-state index contributed by atoms with van der Waals surface area (Å²) < 4.78 is 4.63. The van der Waals surface area contributed by atoms with Crippen molar-refractivity contribution in [1.29, 1.82) is 0 Å². The predicted molar refractivity (Wildman–Crippen MR) is 63.8 cm³/mol. The fourth-order valence-corrected chi connectivity index (χ4v) is 1.64. The molecular formula is C13H11NO3. The summed E-state index contributed by atoms with van der Waals surface area (Å²) in [7, 11) is 1.34. The van der Waals surface area contributed by atoms with Gasteiger partial charge < -0.3 is 10.5 Å². The third kappa shape index (κ3) is 2.10. The van der Waals surface area contributed by atoms with E-state index in [1.165, 1.54) is 7.11 Å². The van der Waals surface area contributed by atoms with Gasteiger partial charge in [-0.15, -0.1) is 0 Å². The molecule has 0 saturated heterocycles. The van der Waals surface area contributed by atoms with Gasteiger partial charge in [-0.05, 0) is 35.0 Å². The Labute approximate surface area is 98.0 Å². The Balaban J connectivity index is 2.54. The number of nitrogens with two attached hydrogens (primary N) is 1. The van der Waals surface area contributed by atoms with E-state index in [2.05, 4.69) is 4.74 Å². The Hall–Kier alpha value is -2.36. The third-order valence-corrected chi connectivity index (χ3v) is 2.55. The van der Waals surface area contributed by atoms with Crippen LogP contribution in [0.2, 0.25) is 0 Å². The summed E-state index contributed by atoms with van der Waals surface area (Å²) >= 11 is 0. The Kier molecular flexibility index (Phi) is 2.78. The highest BCUT2D eigenvalue weighted by Crippen LogP contribution is 2.18. The number of carbonyl (C=O) groups excluding carboxylic acids is 2. The number of methoxy groups -OCH3 is 1. The molecule has 0 aliphatic carbocycles. The Morgan fingerprint density at radius 2 is 1.53 bits per heavy atom. The molecule has 0 spiro atoms. The van der Waals surface area contributed by atoms with Crippen molar-refractivity contribution in [1.82, 2.24) is 0 Å². The minimum Gasteiger partial charge on any atom is -0.465 e. The van der Waals surface area contributed by atoms with Gasteiger partial charge in [0.25, 0.3) is 0 Å². The lowest BCUT2D eigenvalue weighted by atomic mass is 10.0. The highest BCUT2D eigenvalue weighted by atomic mass is 16.5. The number of hydrogen-bond acceptors (Lipinski definition) is 3. The van der Waals surface area contributed by atoms with Gasteiger partial charge >= 0.3 is 5.97 Å². The lowest BCUT2D eigenvalue weighted by Gasteiger charge is -2.03. The SMILES string of the molecule is COC(=O)c1ccc2cc(C(N)=O)ccc2c1. The van der Waals surface area contributed by atoms with E-state index in [0.29, 0.717) is 11.1 Å². The fourth-order valence-electron chi connectivity index (χ4n) is 1.64. The molecule has 0 aliphatic heterocycles. The van der Waals surface area contributed by atoms with Crippen molar-refractivity contribution in [3.8, 4) is 0 Å². The second-order valence-electron chi connectivity index (χ2n) is 3.63. The standard InChI is InChI=1S/C13H11NO3/c1-17-13(16)11-5-3-8-6-10(12(14)15)4-2-9(8)7-11/h2-7H,1H3,(H2,14,15). The quantitative estimate of drug-likeness (QED) is 0.797. The first-order valence-corrected chi connectivity index (χ1v) is 5.04. The monoisotopic (exact) mass is 229 g/mol. The third-order valence-electron chi connectivity index (χ3n) is 2.55. The summed E-state index contributed by atoms with van der Waals surface area (Å²) in [5.74, 6) is -0.852. The number of benzene rings is 2. The molecule has 4 nitrogen and oxygen atoms in total. The van der Waals surface area contributed by atoms with Gasteiger partial charge in [0.2, 0.25) is 5.91 Å². The van der Waals surface area contributed by atoms with Crippen LogP contribution >= 0.6 is 0 Å².